The quantitative estimate of drug-likeness (QED) is 0.259. The van der Waals surface area contributed by atoms with Crippen LogP contribution in [-0.2, 0) is 15.0 Å². The van der Waals surface area contributed by atoms with Crippen molar-refractivity contribution in [1.29, 1.82) is 0 Å². The number of rotatable bonds is 12. The van der Waals surface area contributed by atoms with Crippen LogP contribution in [0.4, 0.5) is 5.69 Å². The average molecular weight is 538 g/mol. The lowest BCUT2D eigenvalue weighted by atomic mass is 9.71. The molecule has 2 N–H and O–H groups in total. The van der Waals surface area contributed by atoms with Gasteiger partial charge in [0.05, 0.1) is 5.41 Å². The SMILES string of the molecule is CCC(C(=O)NCCCN1CCC(c2cccc(NC(=O)CC3CC3)c2)CC1)(c1ccccc1)c1ccccc1. The minimum atomic E-state index is -0.688. The Balaban J connectivity index is 1.10. The summed E-state index contributed by atoms with van der Waals surface area (Å²) in [6.45, 7) is 5.87. The van der Waals surface area contributed by atoms with Crippen molar-refractivity contribution in [3.05, 3.63) is 102 Å². The summed E-state index contributed by atoms with van der Waals surface area (Å²) in [7, 11) is 0. The topological polar surface area (TPSA) is 61.4 Å². The zero-order valence-corrected chi connectivity index (χ0v) is 23.8. The number of piperidine rings is 1. The van der Waals surface area contributed by atoms with E-state index < -0.39 is 5.41 Å². The molecule has 1 aliphatic carbocycles. The van der Waals surface area contributed by atoms with Gasteiger partial charge in [-0.25, -0.2) is 0 Å². The van der Waals surface area contributed by atoms with Gasteiger partial charge in [-0.1, -0.05) is 79.7 Å². The van der Waals surface area contributed by atoms with Crippen LogP contribution in [0.3, 0.4) is 0 Å². The average Bonchev–Trinajstić information content (AvgIpc) is 3.81. The molecule has 3 aromatic carbocycles. The third-order valence-corrected chi connectivity index (χ3v) is 8.79. The minimum absolute atomic E-state index is 0.0789. The van der Waals surface area contributed by atoms with Crippen molar-refractivity contribution in [2.45, 2.75) is 63.2 Å². The molecule has 0 bridgehead atoms. The lowest BCUT2D eigenvalue weighted by Crippen LogP contribution is -2.46. The third-order valence-electron chi connectivity index (χ3n) is 8.79. The molecule has 1 saturated heterocycles. The number of nitrogens with zero attached hydrogens (tertiary/aromatic N) is 1. The molecule has 2 amide bonds. The van der Waals surface area contributed by atoms with Gasteiger partial charge in [-0.2, -0.15) is 0 Å². The largest absolute Gasteiger partial charge is 0.355 e. The number of carbonyl (C=O) groups excluding carboxylic acids is 2. The van der Waals surface area contributed by atoms with Crippen LogP contribution >= 0.6 is 0 Å². The molecule has 40 heavy (non-hydrogen) atoms. The van der Waals surface area contributed by atoms with Crippen LogP contribution < -0.4 is 10.6 Å². The van der Waals surface area contributed by atoms with E-state index in [9.17, 15) is 9.59 Å². The summed E-state index contributed by atoms with van der Waals surface area (Å²) in [4.78, 5) is 28.5. The van der Waals surface area contributed by atoms with Crippen molar-refractivity contribution >= 4 is 17.5 Å². The number of hydrogen-bond acceptors (Lipinski definition) is 3. The Labute approximate surface area is 239 Å². The van der Waals surface area contributed by atoms with Gasteiger partial charge in [0, 0.05) is 18.7 Å². The predicted molar refractivity (Wildman–Crippen MR) is 162 cm³/mol. The Bertz CT molecular complexity index is 1210. The molecular formula is C35H43N3O2. The fourth-order valence-electron chi connectivity index (χ4n) is 6.25. The first-order valence-electron chi connectivity index (χ1n) is 15.1. The van der Waals surface area contributed by atoms with Crippen LogP contribution in [0.1, 0.15) is 74.5 Å². The second kappa shape index (κ2) is 13.3. The van der Waals surface area contributed by atoms with E-state index in [1.165, 1.54) is 18.4 Å². The molecule has 210 valence electrons. The highest BCUT2D eigenvalue weighted by Crippen LogP contribution is 2.36. The highest BCUT2D eigenvalue weighted by Gasteiger charge is 2.40. The van der Waals surface area contributed by atoms with Crippen LogP contribution in [0, 0.1) is 5.92 Å². The van der Waals surface area contributed by atoms with Gasteiger partial charge in [0.1, 0.15) is 0 Å². The van der Waals surface area contributed by atoms with E-state index in [0.717, 1.165) is 55.7 Å². The van der Waals surface area contributed by atoms with Crippen molar-refractivity contribution < 1.29 is 9.59 Å². The maximum absolute atomic E-state index is 13.7. The smallest absolute Gasteiger partial charge is 0.235 e. The second-order valence-electron chi connectivity index (χ2n) is 11.5. The molecule has 5 nitrogen and oxygen atoms in total. The van der Waals surface area contributed by atoms with Crippen molar-refractivity contribution in [2.24, 2.45) is 5.92 Å². The third kappa shape index (κ3) is 6.82. The predicted octanol–water partition coefficient (Wildman–Crippen LogP) is 6.51. The number of likely N-dealkylation sites (tertiary alicyclic amines) is 1. The van der Waals surface area contributed by atoms with Crippen LogP contribution in [0.15, 0.2) is 84.9 Å². The summed E-state index contributed by atoms with van der Waals surface area (Å²) in [6, 6.07) is 28.8. The first-order valence-corrected chi connectivity index (χ1v) is 15.1. The number of benzene rings is 3. The van der Waals surface area contributed by atoms with Crippen molar-refractivity contribution in [2.75, 3.05) is 31.5 Å². The number of carbonyl (C=O) groups is 2. The molecule has 5 heteroatoms. The van der Waals surface area contributed by atoms with E-state index in [2.05, 4.69) is 64.9 Å². The zero-order valence-electron chi connectivity index (χ0n) is 23.8. The van der Waals surface area contributed by atoms with Crippen molar-refractivity contribution in [3.63, 3.8) is 0 Å². The van der Waals surface area contributed by atoms with Gasteiger partial charge in [-0.15, -0.1) is 0 Å². The van der Waals surface area contributed by atoms with Crippen LogP contribution in [0.25, 0.3) is 0 Å². The second-order valence-corrected chi connectivity index (χ2v) is 11.5. The van der Waals surface area contributed by atoms with E-state index in [4.69, 9.17) is 0 Å². The Morgan fingerprint density at radius 2 is 1.50 bits per heavy atom. The van der Waals surface area contributed by atoms with Crippen LogP contribution in [0.2, 0.25) is 0 Å². The highest BCUT2D eigenvalue weighted by molar-refractivity contribution is 5.92. The molecule has 1 heterocycles. The van der Waals surface area contributed by atoms with Gasteiger partial charge in [-0.05, 0) is 98.8 Å². The number of amides is 2. The molecular weight excluding hydrogens is 494 g/mol. The van der Waals surface area contributed by atoms with Gasteiger partial charge in [-0.3, -0.25) is 9.59 Å². The maximum Gasteiger partial charge on any atom is 0.235 e. The summed E-state index contributed by atoms with van der Waals surface area (Å²) >= 11 is 0. The molecule has 5 rings (SSSR count). The normalized spacial score (nSPS) is 16.4. The first-order chi connectivity index (χ1) is 19.6. The minimum Gasteiger partial charge on any atom is -0.355 e. The molecule has 1 aliphatic heterocycles. The van der Waals surface area contributed by atoms with E-state index in [1.54, 1.807) is 0 Å². The molecule has 3 aromatic rings. The molecule has 0 spiro atoms. The number of hydrogen-bond donors (Lipinski definition) is 2. The Kier molecular flexibility index (Phi) is 9.33. The Morgan fingerprint density at radius 3 is 2.10 bits per heavy atom. The van der Waals surface area contributed by atoms with Gasteiger partial charge in [0.2, 0.25) is 11.8 Å². The highest BCUT2D eigenvalue weighted by atomic mass is 16.2. The van der Waals surface area contributed by atoms with E-state index >= 15 is 0 Å². The zero-order chi connectivity index (χ0) is 27.8. The summed E-state index contributed by atoms with van der Waals surface area (Å²) in [5, 5.41) is 6.38. The molecule has 1 saturated carbocycles. The lowest BCUT2D eigenvalue weighted by Gasteiger charge is -2.34. The fraction of sp³-hybridized carbons (Fsp3) is 0.429. The summed E-state index contributed by atoms with van der Waals surface area (Å²) < 4.78 is 0. The van der Waals surface area contributed by atoms with E-state index in [0.29, 0.717) is 31.2 Å². The van der Waals surface area contributed by atoms with Gasteiger partial charge in [0.25, 0.3) is 0 Å². The Hall–Kier alpha value is -3.44. The molecule has 2 aliphatic rings. The number of nitrogens with one attached hydrogen (secondary N) is 2. The number of anilines is 1. The Morgan fingerprint density at radius 1 is 0.850 bits per heavy atom. The summed E-state index contributed by atoms with van der Waals surface area (Å²) in [5.74, 6) is 1.35. The first kappa shape index (κ1) is 28.1. The van der Waals surface area contributed by atoms with Gasteiger partial charge < -0.3 is 15.5 Å². The van der Waals surface area contributed by atoms with Gasteiger partial charge >= 0.3 is 0 Å². The molecule has 0 unspecified atom stereocenters. The van der Waals surface area contributed by atoms with Crippen LogP contribution in [0.5, 0.6) is 0 Å². The molecule has 0 radical (unpaired) electrons. The molecule has 0 aromatic heterocycles. The van der Waals surface area contributed by atoms with E-state index in [1.807, 2.05) is 42.5 Å². The standard InChI is InChI=1S/C35H43N3O2/c1-2-35(30-12-5-3-6-13-30,31-14-7-4-8-15-31)34(40)36-21-10-22-38-23-19-28(20-24-38)29-11-9-16-32(26-29)37-33(39)25-27-17-18-27/h3-9,11-16,26-28H,2,10,17-25H2,1H3,(H,36,40)(H,37,39). The fourth-order valence-corrected chi connectivity index (χ4v) is 6.25. The monoisotopic (exact) mass is 537 g/mol. The summed E-state index contributed by atoms with van der Waals surface area (Å²) in [6.07, 6.45) is 6.91. The van der Waals surface area contributed by atoms with Gasteiger partial charge in [0.15, 0.2) is 0 Å². The summed E-state index contributed by atoms with van der Waals surface area (Å²) in [5.41, 5.74) is 3.64. The van der Waals surface area contributed by atoms with Crippen molar-refractivity contribution in [1.82, 2.24) is 10.2 Å². The molecule has 2 fully saturated rings. The van der Waals surface area contributed by atoms with Crippen molar-refractivity contribution in [3.8, 4) is 0 Å². The maximum atomic E-state index is 13.7. The molecule has 0 atom stereocenters. The van der Waals surface area contributed by atoms with Crippen LogP contribution in [-0.4, -0.2) is 42.9 Å². The lowest BCUT2D eigenvalue weighted by molar-refractivity contribution is -0.125. The van der Waals surface area contributed by atoms with E-state index in [-0.39, 0.29) is 11.8 Å².